The van der Waals surface area contributed by atoms with Crippen LogP contribution < -0.4 is 0 Å². The number of rotatable bonds is 7. The Balaban J connectivity index is 1.03. The molecule has 0 aliphatic carbocycles. The fourth-order valence-electron chi connectivity index (χ4n) is 7.49. The van der Waals surface area contributed by atoms with Gasteiger partial charge in [0.1, 0.15) is 16.8 Å². The minimum atomic E-state index is 0.663. The van der Waals surface area contributed by atoms with Crippen LogP contribution in [0, 0.1) is 0 Å². The third-order valence-corrected chi connectivity index (χ3v) is 10.3. The molecule has 0 aliphatic heterocycles. The van der Waals surface area contributed by atoms with Crippen LogP contribution in [0.1, 0.15) is 0 Å². The summed E-state index contributed by atoms with van der Waals surface area (Å²) in [5.41, 5.74) is 16.7. The van der Waals surface area contributed by atoms with Crippen molar-refractivity contribution in [2.24, 2.45) is 0 Å². The summed E-state index contributed by atoms with van der Waals surface area (Å²) in [4.78, 5) is 10.2. The molecule has 3 heteroatoms. The number of aromatic nitrogens is 2. The van der Waals surface area contributed by atoms with Gasteiger partial charge in [-0.05, 0) is 104 Å². The van der Waals surface area contributed by atoms with Crippen LogP contribution in [0.2, 0.25) is 0 Å². The predicted octanol–water partition coefficient (Wildman–Crippen LogP) is 14.0. The second-order valence-corrected chi connectivity index (χ2v) is 13.8. The molecule has 0 radical (unpaired) electrons. The lowest BCUT2D eigenvalue weighted by Crippen LogP contribution is -1.94. The van der Waals surface area contributed by atoms with Crippen LogP contribution in [0.25, 0.3) is 100 Å². The van der Waals surface area contributed by atoms with Gasteiger partial charge >= 0.3 is 0 Å². The van der Waals surface area contributed by atoms with Crippen molar-refractivity contribution in [1.82, 2.24) is 9.97 Å². The fraction of sp³-hybridized carbons (Fsp3) is 0. The van der Waals surface area contributed by atoms with E-state index in [2.05, 4.69) is 170 Å². The van der Waals surface area contributed by atoms with E-state index in [0.717, 1.165) is 55.6 Å². The number of hydrogen-bond donors (Lipinski definition) is 0. The zero-order valence-electron chi connectivity index (χ0n) is 29.9. The summed E-state index contributed by atoms with van der Waals surface area (Å²) >= 11 is 0. The first-order chi connectivity index (χ1) is 27.2. The molecule has 0 unspecified atom stereocenters. The maximum Gasteiger partial charge on any atom is 0.180 e. The largest absolute Gasteiger partial charge is 0.452 e. The van der Waals surface area contributed by atoms with Crippen molar-refractivity contribution < 1.29 is 4.42 Å². The molecule has 0 atom stereocenters. The van der Waals surface area contributed by atoms with Gasteiger partial charge in [0, 0.05) is 16.5 Å². The predicted molar refractivity (Wildman–Crippen MR) is 227 cm³/mol. The number of fused-ring (bicyclic) bond motifs is 3. The van der Waals surface area contributed by atoms with E-state index in [1.54, 1.807) is 0 Å². The molecule has 8 aromatic carbocycles. The van der Waals surface area contributed by atoms with Gasteiger partial charge in [-0.2, -0.15) is 0 Å². The van der Waals surface area contributed by atoms with Crippen LogP contribution in [-0.4, -0.2) is 9.97 Å². The molecular weight excluding hydrogens is 669 g/mol. The molecule has 55 heavy (non-hydrogen) atoms. The summed E-state index contributed by atoms with van der Waals surface area (Å²) in [5, 5.41) is 0.979. The molecule has 0 bridgehead atoms. The molecule has 0 N–H and O–H groups in total. The van der Waals surface area contributed by atoms with Crippen molar-refractivity contribution in [1.29, 1.82) is 0 Å². The van der Waals surface area contributed by atoms with Crippen molar-refractivity contribution >= 4 is 22.1 Å². The lowest BCUT2D eigenvalue weighted by molar-refractivity contribution is 0.667. The van der Waals surface area contributed by atoms with Gasteiger partial charge in [0.2, 0.25) is 0 Å². The third-order valence-electron chi connectivity index (χ3n) is 10.3. The highest BCUT2D eigenvalue weighted by Gasteiger charge is 2.18. The van der Waals surface area contributed by atoms with E-state index in [1.165, 1.54) is 33.4 Å². The highest BCUT2D eigenvalue weighted by molar-refractivity contribution is 6.07. The number of hydrogen-bond acceptors (Lipinski definition) is 3. The van der Waals surface area contributed by atoms with Crippen molar-refractivity contribution in [3.05, 3.63) is 206 Å². The molecule has 10 aromatic rings. The summed E-state index contributed by atoms with van der Waals surface area (Å²) in [7, 11) is 0. The van der Waals surface area contributed by atoms with E-state index in [9.17, 15) is 0 Å². The second-order valence-electron chi connectivity index (χ2n) is 13.8. The van der Waals surface area contributed by atoms with Crippen LogP contribution >= 0.6 is 0 Å². The van der Waals surface area contributed by atoms with Gasteiger partial charge in [-0.15, -0.1) is 0 Å². The van der Waals surface area contributed by atoms with E-state index < -0.39 is 0 Å². The van der Waals surface area contributed by atoms with E-state index >= 15 is 0 Å². The van der Waals surface area contributed by atoms with E-state index in [-0.39, 0.29) is 0 Å². The van der Waals surface area contributed by atoms with Gasteiger partial charge < -0.3 is 4.42 Å². The molecule has 0 saturated heterocycles. The Hall–Kier alpha value is -7.36. The average Bonchev–Trinajstić information content (AvgIpc) is 3.66. The van der Waals surface area contributed by atoms with Gasteiger partial charge in [0.25, 0.3) is 0 Å². The molecule has 258 valence electrons. The SMILES string of the molecule is c1ccc(-c2cc(-c3ccccc3)cc(-c3cccc(-c4cccc(-c5cccc(-c6nc(-c7ccccc7)c7oc8ccccc8c7n6)c5)c4)c3)c2)cc1. The van der Waals surface area contributed by atoms with Gasteiger partial charge in [0.15, 0.2) is 11.4 Å². The zero-order valence-corrected chi connectivity index (χ0v) is 29.9. The van der Waals surface area contributed by atoms with Gasteiger partial charge in [-0.1, -0.05) is 158 Å². The minimum absolute atomic E-state index is 0.663. The first-order valence-electron chi connectivity index (χ1n) is 18.6. The fourth-order valence-corrected chi connectivity index (χ4v) is 7.49. The second kappa shape index (κ2) is 13.9. The highest BCUT2D eigenvalue weighted by Crippen LogP contribution is 2.38. The van der Waals surface area contributed by atoms with Crippen LogP contribution in [0.3, 0.4) is 0 Å². The molecule has 10 rings (SSSR count). The summed E-state index contributed by atoms with van der Waals surface area (Å²) < 4.78 is 6.34. The Bertz CT molecular complexity index is 2910. The molecule has 3 nitrogen and oxygen atoms in total. The highest BCUT2D eigenvalue weighted by atomic mass is 16.3. The molecule has 0 amide bonds. The normalized spacial score (nSPS) is 11.3. The number of nitrogens with zero attached hydrogens (tertiary/aromatic N) is 2. The van der Waals surface area contributed by atoms with Crippen LogP contribution in [-0.2, 0) is 0 Å². The Labute approximate surface area is 319 Å². The molecule has 2 heterocycles. The topological polar surface area (TPSA) is 38.9 Å². The monoisotopic (exact) mass is 702 g/mol. The third kappa shape index (κ3) is 6.28. The quantitative estimate of drug-likeness (QED) is 0.166. The molecular formula is C52H34N2O. The Morgan fingerprint density at radius 2 is 0.673 bits per heavy atom. The lowest BCUT2D eigenvalue weighted by atomic mass is 9.91. The first-order valence-corrected chi connectivity index (χ1v) is 18.6. The van der Waals surface area contributed by atoms with E-state index in [1.807, 2.05) is 36.4 Å². The number of para-hydroxylation sites is 1. The molecule has 0 aliphatic rings. The molecule has 0 saturated carbocycles. The maximum atomic E-state index is 6.34. The number of benzene rings is 8. The minimum Gasteiger partial charge on any atom is -0.452 e. The van der Waals surface area contributed by atoms with E-state index in [4.69, 9.17) is 14.4 Å². The average molecular weight is 703 g/mol. The Kier molecular flexibility index (Phi) is 8.16. The summed E-state index contributed by atoms with van der Waals surface area (Å²) in [6, 6.07) is 72.6. The summed E-state index contributed by atoms with van der Waals surface area (Å²) in [5.74, 6) is 0.663. The van der Waals surface area contributed by atoms with Crippen LogP contribution in [0.5, 0.6) is 0 Å². The molecule has 0 fully saturated rings. The molecule has 2 aromatic heterocycles. The Morgan fingerprint density at radius 3 is 1.22 bits per heavy atom. The zero-order chi connectivity index (χ0) is 36.6. The van der Waals surface area contributed by atoms with Crippen molar-refractivity contribution in [2.45, 2.75) is 0 Å². The van der Waals surface area contributed by atoms with Crippen LogP contribution in [0.15, 0.2) is 211 Å². The Morgan fingerprint density at radius 1 is 0.291 bits per heavy atom. The summed E-state index contributed by atoms with van der Waals surface area (Å²) in [6.07, 6.45) is 0. The smallest absolute Gasteiger partial charge is 0.180 e. The first kappa shape index (κ1) is 32.3. The van der Waals surface area contributed by atoms with Crippen LogP contribution in [0.4, 0.5) is 0 Å². The standard InChI is InChI=1S/C52H34N2O/c1-4-15-35(16-5-1)44-32-45(36-17-6-2-7-18-36)34-46(33-44)42-25-13-23-40(30-42)38-21-12-22-39(29-38)41-24-14-26-43(31-41)52-53-49(37-19-8-3-9-20-37)51-50(54-52)47-27-10-11-28-48(47)55-51/h1-34H. The van der Waals surface area contributed by atoms with Crippen molar-refractivity contribution in [3.8, 4) is 78.3 Å². The van der Waals surface area contributed by atoms with Gasteiger partial charge in [0.05, 0.1) is 0 Å². The van der Waals surface area contributed by atoms with Gasteiger partial charge in [-0.25, -0.2) is 9.97 Å². The van der Waals surface area contributed by atoms with Crippen molar-refractivity contribution in [2.75, 3.05) is 0 Å². The number of furan rings is 1. The van der Waals surface area contributed by atoms with Crippen molar-refractivity contribution in [3.63, 3.8) is 0 Å². The van der Waals surface area contributed by atoms with E-state index in [0.29, 0.717) is 11.4 Å². The summed E-state index contributed by atoms with van der Waals surface area (Å²) in [6.45, 7) is 0. The van der Waals surface area contributed by atoms with Gasteiger partial charge in [-0.3, -0.25) is 0 Å². The maximum absolute atomic E-state index is 6.34. The lowest BCUT2D eigenvalue weighted by Gasteiger charge is -2.13. The molecule has 0 spiro atoms.